The van der Waals surface area contributed by atoms with Crippen molar-refractivity contribution in [3.8, 4) is 0 Å². The predicted octanol–water partition coefficient (Wildman–Crippen LogP) is 21.3. The Hall–Kier alpha value is -2.81. The van der Waals surface area contributed by atoms with E-state index in [9.17, 15) is 19.0 Å². The molecule has 9 nitrogen and oxygen atoms in total. The van der Waals surface area contributed by atoms with Gasteiger partial charge in [-0.3, -0.25) is 18.6 Å². The molecule has 0 fully saturated rings. The number of likely N-dealkylation sites (N-methyl/N-ethyl adjacent to an activating group) is 1. The Labute approximate surface area is 501 Å². The molecule has 0 aromatic rings. The molecule has 470 valence electrons. The highest BCUT2D eigenvalue weighted by molar-refractivity contribution is 7.47. The second-order valence-corrected chi connectivity index (χ2v) is 25.4. The van der Waals surface area contributed by atoms with Gasteiger partial charge in [0.1, 0.15) is 19.3 Å². The maximum Gasteiger partial charge on any atom is 0.472 e. The number of carbonyl (C=O) groups excluding carboxylic acids is 2. The number of phosphoric ester groups is 1. The number of phosphoric acid groups is 1. The minimum atomic E-state index is -4.46. The van der Waals surface area contributed by atoms with Gasteiger partial charge in [-0.15, -0.1) is 0 Å². The highest BCUT2D eigenvalue weighted by atomic mass is 31.2. The molecule has 0 aromatic heterocycles. The van der Waals surface area contributed by atoms with Gasteiger partial charge in [-0.05, 0) is 83.1 Å². The van der Waals surface area contributed by atoms with Crippen LogP contribution in [0.5, 0.6) is 0 Å². The molecule has 3 atom stereocenters. The van der Waals surface area contributed by atoms with Gasteiger partial charge in [0.15, 0.2) is 0 Å². The number of unbranched alkanes of at least 4 members (excludes halogenated alkanes) is 33. The van der Waals surface area contributed by atoms with Crippen LogP contribution in [0.3, 0.4) is 0 Å². The zero-order valence-electron chi connectivity index (χ0n) is 53.8. The highest BCUT2D eigenvalue weighted by Gasteiger charge is 2.30. The number of ether oxygens (including phenoxy) is 1. The number of rotatable bonds is 61. The minimum absolute atomic E-state index is 0.0340. The lowest BCUT2D eigenvalue weighted by molar-refractivity contribution is -0.870. The zero-order chi connectivity index (χ0) is 59.3. The van der Waals surface area contributed by atoms with E-state index in [4.69, 9.17) is 13.8 Å². The number of amides is 1. The summed E-state index contributed by atoms with van der Waals surface area (Å²) in [6, 6.07) is -0.861. The lowest BCUT2D eigenvalue weighted by atomic mass is 10.0. The number of nitrogens with one attached hydrogen (secondary N) is 1. The molecule has 0 rings (SSSR count). The van der Waals surface area contributed by atoms with E-state index in [0.29, 0.717) is 23.9 Å². The van der Waals surface area contributed by atoms with E-state index in [2.05, 4.69) is 99.0 Å². The normalized spacial score (nSPS) is 14.1. The number of nitrogens with zero attached hydrogens (tertiary/aromatic N) is 1. The monoisotopic (exact) mass is 1150 g/mol. The third kappa shape index (κ3) is 61.6. The van der Waals surface area contributed by atoms with Crippen LogP contribution in [0, 0.1) is 0 Å². The number of hydrogen-bond donors (Lipinski definition) is 2. The van der Waals surface area contributed by atoms with E-state index in [-0.39, 0.29) is 31.5 Å². The first-order valence-corrected chi connectivity index (χ1v) is 35.4. The van der Waals surface area contributed by atoms with E-state index in [1.54, 1.807) is 0 Å². The second-order valence-electron chi connectivity index (χ2n) is 24.0. The Morgan fingerprint density at radius 2 is 0.790 bits per heavy atom. The highest BCUT2D eigenvalue weighted by Crippen LogP contribution is 2.43. The smallest absolute Gasteiger partial charge is 0.456 e. The molecule has 0 spiro atoms. The summed E-state index contributed by atoms with van der Waals surface area (Å²) in [5, 5.41) is 3.06. The van der Waals surface area contributed by atoms with Gasteiger partial charge in [0.2, 0.25) is 5.91 Å². The van der Waals surface area contributed by atoms with E-state index < -0.39 is 20.0 Å². The number of quaternary nitrogens is 1. The molecule has 0 aromatic carbocycles. The Morgan fingerprint density at radius 3 is 1.19 bits per heavy atom. The molecule has 2 N–H and O–H groups in total. The van der Waals surface area contributed by atoms with Gasteiger partial charge >= 0.3 is 13.8 Å². The fraction of sp³-hybridized carbons (Fsp3) is 0.775. The summed E-state index contributed by atoms with van der Waals surface area (Å²) >= 11 is 0. The maximum atomic E-state index is 13.6. The molecular formula is C71H130N2O7P+. The van der Waals surface area contributed by atoms with Crippen molar-refractivity contribution in [1.29, 1.82) is 0 Å². The molecule has 3 unspecified atom stereocenters. The van der Waals surface area contributed by atoms with Crippen LogP contribution in [0.25, 0.3) is 0 Å². The van der Waals surface area contributed by atoms with Gasteiger partial charge in [-0.25, -0.2) is 4.57 Å². The number of allylic oxidation sites excluding steroid dienone is 13. The summed E-state index contributed by atoms with van der Waals surface area (Å²) in [5.41, 5.74) is 0. The molecule has 0 saturated carbocycles. The summed E-state index contributed by atoms with van der Waals surface area (Å²) in [6.07, 6.45) is 80.2. The Balaban J connectivity index is 5.15. The molecule has 1 amide bonds. The summed E-state index contributed by atoms with van der Waals surface area (Å²) in [7, 11) is 1.48. The minimum Gasteiger partial charge on any atom is -0.456 e. The largest absolute Gasteiger partial charge is 0.472 e. The summed E-state index contributed by atoms with van der Waals surface area (Å²) in [5.74, 6) is -0.528. The van der Waals surface area contributed by atoms with Crippen LogP contribution in [0.2, 0.25) is 0 Å². The van der Waals surface area contributed by atoms with Gasteiger partial charge in [-0.2, -0.15) is 0 Å². The third-order valence-corrected chi connectivity index (χ3v) is 15.8. The SMILES string of the molecule is CC/C=C\C/C=C\C/C=C\C/C=C\C/C=C\C/C=C\CCCCCCC(=O)OC(/C=C/CCCCCCCCCCC)C(COP(=O)(O)OCC[N+](C)(C)C)NC(=O)CCCCCCCCCCCCCCCCCCCCCCC. The average molecular weight is 1150 g/mol. The lowest BCUT2D eigenvalue weighted by Gasteiger charge is -2.27. The number of carbonyl (C=O) groups is 2. The first-order valence-electron chi connectivity index (χ1n) is 33.9. The van der Waals surface area contributed by atoms with Crippen LogP contribution >= 0.6 is 7.82 Å². The first kappa shape index (κ1) is 78.2. The van der Waals surface area contributed by atoms with E-state index in [1.807, 2.05) is 33.3 Å². The van der Waals surface area contributed by atoms with Gasteiger partial charge < -0.3 is 19.4 Å². The topological polar surface area (TPSA) is 111 Å². The average Bonchev–Trinajstić information content (AvgIpc) is 3.44. The Morgan fingerprint density at radius 1 is 0.444 bits per heavy atom. The summed E-state index contributed by atoms with van der Waals surface area (Å²) in [6.45, 7) is 6.90. The predicted molar refractivity (Wildman–Crippen MR) is 351 cm³/mol. The molecule has 0 radical (unpaired) electrons. The van der Waals surface area contributed by atoms with E-state index in [0.717, 1.165) is 103 Å². The van der Waals surface area contributed by atoms with Crippen molar-refractivity contribution < 1.29 is 37.3 Å². The van der Waals surface area contributed by atoms with Gasteiger partial charge in [-0.1, -0.05) is 292 Å². The van der Waals surface area contributed by atoms with Crippen LogP contribution in [0.1, 0.15) is 303 Å². The maximum absolute atomic E-state index is 13.6. The second kappa shape index (κ2) is 60.3. The van der Waals surface area contributed by atoms with Crippen molar-refractivity contribution in [2.24, 2.45) is 0 Å². The van der Waals surface area contributed by atoms with Crippen molar-refractivity contribution in [2.75, 3.05) is 40.9 Å². The summed E-state index contributed by atoms with van der Waals surface area (Å²) < 4.78 is 30.7. The number of hydrogen-bond acceptors (Lipinski definition) is 6. The van der Waals surface area contributed by atoms with Crippen molar-refractivity contribution in [2.45, 2.75) is 315 Å². The van der Waals surface area contributed by atoms with Crippen LogP contribution in [-0.4, -0.2) is 74.3 Å². The van der Waals surface area contributed by atoms with Crippen LogP contribution in [0.4, 0.5) is 0 Å². The van der Waals surface area contributed by atoms with Crippen molar-refractivity contribution in [3.05, 3.63) is 85.1 Å². The molecule has 0 aliphatic carbocycles. The third-order valence-electron chi connectivity index (χ3n) is 14.8. The fourth-order valence-corrected chi connectivity index (χ4v) is 10.4. The Kier molecular flexibility index (Phi) is 58.2. The molecule has 0 aliphatic rings. The molecule has 10 heteroatoms. The fourth-order valence-electron chi connectivity index (χ4n) is 9.65. The molecule has 0 aliphatic heterocycles. The van der Waals surface area contributed by atoms with Crippen molar-refractivity contribution >= 4 is 19.7 Å². The molecule has 81 heavy (non-hydrogen) atoms. The standard InChI is InChI=1S/C71H129N2O7P/c1-7-10-13-16-19-22-25-27-29-31-33-35-36-38-40-42-44-46-49-52-55-58-61-64-71(75)80-69(62-59-56-53-50-47-24-21-18-15-12-9-3)68(67-79-81(76,77)78-66-65-73(4,5)6)72-70(74)63-60-57-54-51-48-45-43-41-39-37-34-32-30-28-26-23-20-17-14-11-8-2/h10,13,19,22,27,29,33,35,38,40,44,46,59,62,68-69H,7-9,11-12,14-18,20-21,23-26,28,30-32,34,36-37,39,41-43,45,47-58,60-61,63-67H2,1-6H3,(H-,72,74,76,77)/p+1/b13-10-,22-19-,29-27-,35-33-,40-38-,46-44-,62-59+. The van der Waals surface area contributed by atoms with Gasteiger partial charge in [0.25, 0.3) is 0 Å². The lowest BCUT2D eigenvalue weighted by Crippen LogP contribution is -2.47. The van der Waals surface area contributed by atoms with Crippen LogP contribution in [-0.2, 0) is 27.9 Å². The van der Waals surface area contributed by atoms with Gasteiger partial charge in [0.05, 0.1) is 33.8 Å². The first-order chi connectivity index (χ1) is 39.4. The summed E-state index contributed by atoms with van der Waals surface area (Å²) in [4.78, 5) is 37.8. The van der Waals surface area contributed by atoms with Crippen molar-refractivity contribution in [3.63, 3.8) is 0 Å². The Bertz CT molecular complexity index is 1660. The molecule has 0 saturated heterocycles. The zero-order valence-corrected chi connectivity index (χ0v) is 54.7. The molecular weight excluding hydrogens is 1020 g/mol. The molecule has 0 heterocycles. The number of esters is 1. The van der Waals surface area contributed by atoms with Crippen LogP contribution < -0.4 is 5.32 Å². The van der Waals surface area contributed by atoms with Crippen LogP contribution in [0.15, 0.2) is 85.1 Å². The van der Waals surface area contributed by atoms with E-state index >= 15 is 0 Å². The molecule has 0 bridgehead atoms. The van der Waals surface area contributed by atoms with Gasteiger partial charge in [0, 0.05) is 12.8 Å². The quantitative estimate of drug-likeness (QED) is 0.0205. The van der Waals surface area contributed by atoms with Crippen molar-refractivity contribution in [1.82, 2.24) is 5.32 Å². The van der Waals surface area contributed by atoms with E-state index in [1.165, 1.54) is 161 Å².